The van der Waals surface area contributed by atoms with Crippen LogP contribution >= 0.6 is 0 Å². The van der Waals surface area contributed by atoms with Crippen LogP contribution in [0.15, 0.2) is 24.3 Å². The molecule has 1 aromatic carbocycles. The molecular weight excluding hydrogens is 296 g/mol. The van der Waals surface area contributed by atoms with Gasteiger partial charge in [0.15, 0.2) is 5.25 Å². The molecule has 0 spiro atoms. The van der Waals surface area contributed by atoms with E-state index in [0.717, 1.165) is 13.3 Å². The number of sulfonamides is 1. The van der Waals surface area contributed by atoms with Gasteiger partial charge in [0, 0.05) is 18.7 Å². The molecule has 1 aromatic rings. The van der Waals surface area contributed by atoms with Crippen molar-refractivity contribution >= 4 is 33.3 Å². The molecule has 2 rings (SSSR count). The van der Waals surface area contributed by atoms with E-state index in [2.05, 4.69) is 4.72 Å². The van der Waals surface area contributed by atoms with Gasteiger partial charge in [0.05, 0.1) is 5.69 Å². The van der Waals surface area contributed by atoms with E-state index in [9.17, 15) is 18.0 Å². The lowest BCUT2D eigenvalue weighted by Crippen LogP contribution is -2.32. The Hall–Kier alpha value is -2.09. The number of aliphatic carboxylic acids is 1. The SMILES string of the molecule is CC(C(=O)O)S(=O)(=O)Nc1cccc(N2CCCC2=O)c1. The first kappa shape index (κ1) is 15.3. The maximum atomic E-state index is 11.9. The molecule has 1 heterocycles. The maximum Gasteiger partial charge on any atom is 0.323 e. The van der Waals surface area contributed by atoms with Crippen LogP contribution in [0, 0.1) is 0 Å². The lowest BCUT2D eigenvalue weighted by molar-refractivity contribution is -0.136. The summed E-state index contributed by atoms with van der Waals surface area (Å²) in [7, 11) is -4.02. The number of carbonyl (C=O) groups is 2. The van der Waals surface area contributed by atoms with E-state index < -0.39 is 21.2 Å². The summed E-state index contributed by atoms with van der Waals surface area (Å²) in [5, 5.41) is 7.22. The molecule has 1 amide bonds. The van der Waals surface area contributed by atoms with Crippen LogP contribution in [0.1, 0.15) is 19.8 Å². The highest BCUT2D eigenvalue weighted by Gasteiger charge is 2.28. The average Bonchev–Trinajstić information content (AvgIpc) is 2.83. The van der Waals surface area contributed by atoms with E-state index in [-0.39, 0.29) is 11.6 Å². The Labute approximate surface area is 122 Å². The molecule has 0 aromatic heterocycles. The zero-order valence-electron chi connectivity index (χ0n) is 11.4. The Kier molecular flexibility index (Phi) is 4.17. The molecule has 2 N–H and O–H groups in total. The lowest BCUT2D eigenvalue weighted by atomic mass is 10.2. The smallest absolute Gasteiger partial charge is 0.323 e. The van der Waals surface area contributed by atoms with Gasteiger partial charge in [-0.2, -0.15) is 0 Å². The predicted octanol–water partition coefficient (Wildman–Crippen LogP) is 1.03. The van der Waals surface area contributed by atoms with Crippen molar-refractivity contribution in [2.45, 2.75) is 25.0 Å². The van der Waals surface area contributed by atoms with E-state index in [4.69, 9.17) is 5.11 Å². The van der Waals surface area contributed by atoms with Crippen molar-refractivity contribution in [3.63, 3.8) is 0 Å². The number of amides is 1. The second-order valence-electron chi connectivity index (χ2n) is 4.83. The van der Waals surface area contributed by atoms with Gasteiger partial charge in [0.25, 0.3) is 0 Å². The molecule has 1 aliphatic heterocycles. The highest BCUT2D eigenvalue weighted by molar-refractivity contribution is 7.94. The van der Waals surface area contributed by atoms with E-state index in [0.29, 0.717) is 18.7 Å². The summed E-state index contributed by atoms with van der Waals surface area (Å²) in [5.41, 5.74) is 0.834. The van der Waals surface area contributed by atoms with Crippen LogP contribution in [-0.2, 0) is 19.6 Å². The summed E-state index contributed by atoms with van der Waals surface area (Å²) < 4.78 is 26.0. The first-order valence-corrected chi connectivity index (χ1v) is 8.01. The van der Waals surface area contributed by atoms with E-state index >= 15 is 0 Å². The quantitative estimate of drug-likeness (QED) is 0.845. The summed E-state index contributed by atoms with van der Waals surface area (Å²) in [6.07, 6.45) is 1.25. The van der Waals surface area contributed by atoms with Gasteiger partial charge >= 0.3 is 5.97 Å². The standard InChI is InChI=1S/C13H16N2O5S/c1-9(13(17)18)21(19,20)14-10-4-2-5-11(8-10)15-7-3-6-12(15)16/h2,4-5,8-9,14H,3,6-7H2,1H3,(H,17,18). The molecule has 21 heavy (non-hydrogen) atoms. The van der Waals surface area contributed by atoms with Crippen LogP contribution in [-0.4, -0.2) is 37.2 Å². The molecule has 1 fully saturated rings. The van der Waals surface area contributed by atoms with Crippen LogP contribution in [0.3, 0.4) is 0 Å². The lowest BCUT2D eigenvalue weighted by Gasteiger charge is -2.17. The van der Waals surface area contributed by atoms with Crippen molar-refractivity contribution in [2.75, 3.05) is 16.2 Å². The Morgan fingerprint density at radius 2 is 2.14 bits per heavy atom. The van der Waals surface area contributed by atoms with Gasteiger partial charge in [-0.05, 0) is 31.5 Å². The van der Waals surface area contributed by atoms with Gasteiger partial charge in [-0.1, -0.05) is 6.07 Å². The first-order chi connectivity index (χ1) is 9.81. The summed E-state index contributed by atoms with van der Waals surface area (Å²) in [4.78, 5) is 24.0. The Balaban J connectivity index is 2.22. The maximum absolute atomic E-state index is 11.9. The summed E-state index contributed by atoms with van der Waals surface area (Å²) in [6.45, 7) is 1.69. The molecule has 114 valence electrons. The van der Waals surface area contributed by atoms with Gasteiger partial charge < -0.3 is 10.0 Å². The fourth-order valence-corrected chi connectivity index (χ4v) is 2.94. The molecule has 1 saturated heterocycles. The monoisotopic (exact) mass is 312 g/mol. The molecule has 8 heteroatoms. The van der Waals surface area contributed by atoms with Crippen LogP contribution in [0.2, 0.25) is 0 Å². The molecule has 7 nitrogen and oxygen atoms in total. The molecule has 0 aliphatic carbocycles. The van der Waals surface area contributed by atoms with E-state index in [1.165, 1.54) is 12.1 Å². The Morgan fingerprint density at radius 1 is 1.43 bits per heavy atom. The fourth-order valence-electron chi connectivity index (χ4n) is 2.04. The van der Waals surface area contributed by atoms with Crippen molar-refractivity contribution in [3.8, 4) is 0 Å². The molecular formula is C13H16N2O5S. The highest BCUT2D eigenvalue weighted by atomic mass is 32.2. The number of carbonyl (C=O) groups excluding carboxylic acids is 1. The van der Waals surface area contributed by atoms with E-state index in [1.807, 2.05) is 0 Å². The minimum atomic E-state index is -4.02. The molecule has 1 aliphatic rings. The van der Waals surface area contributed by atoms with Crippen LogP contribution in [0.5, 0.6) is 0 Å². The topological polar surface area (TPSA) is 104 Å². The summed E-state index contributed by atoms with van der Waals surface area (Å²) >= 11 is 0. The number of benzene rings is 1. The fraction of sp³-hybridized carbons (Fsp3) is 0.385. The Morgan fingerprint density at radius 3 is 2.71 bits per heavy atom. The minimum absolute atomic E-state index is 0.00564. The van der Waals surface area contributed by atoms with Gasteiger partial charge in [-0.25, -0.2) is 8.42 Å². The molecule has 1 atom stereocenters. The average molecular weight is 312 g/mol. The second kappa shape index (κ2) is 5.72. The van der Waals surface area contributed by atoms with Crippen molar-refractivity contribution in [1.29, 1.82) is 0 Å². The molecule has 0 radical (unpaired) electrons. The van der Waals surface area contributed by atoms with Crippen molar-refractivity contribution in [1.82, 2.24) is 0 Å². The normalized spacial score (nSPS) is 16.8. The second-order valence-corrected chi connectivity index (χ2v) is 6.83. The minimum Gasteiger partial charge on any atom is -0.480 e. The van der Waals surface area contributed by atoms with Gasteiger partial charge in [0.2, 0.25) is 15.9 Å². The zero-order chi connectivity index (χ0) is 15.6. The number of anilines is 2. The van der Waals surface area contributed by atoms with Gasteiger partial charge in [-0.3, -0.25) is 14.3 Å². The van der Waals surface area contributed by atoms with Crippen molar-refractivity contribution in [3.05, 3.63) is 24.3 Å². The third-order valence-electron chi connectivity index (χ3n) is 3.30. The summed E-state index contributed by atoms with van der Waals surface area (Å²) in [5.74, 6) is -1.43. The van der Waals surface area contributed by atoms with Crippen molar-refractivity contribution < 1.29 is 23.1 Å². The van der Waals surface area contributed by atoms with Gasteiger partial charge in [-0.15, -0.1) is 0 Å². The van der Waals surface area contributed by atoms with E-state index in [1.54, 1.807) is 17.0 Å². The number of carboxylic acids is 1. The largest absolute Gasteiger partial charge is 0.480 e. The zero-order valence-corrected chi connectivity index (χ0v) is 12.3. The molecule has 0 bridgehead atoms. The van der Waals surface area contributed by atoms with Gasteiger partial charge in [0.1, 0.15) is 0 Å². The number of nitrogens with one attached hydrogen (secondary N) is 1. The predicted molar refractivity (Wildman–Crippen MR) is 77.7 cm³/mol. The number of hydrogen-bond donors (Lipinski definition) is 2. The van der Waals surface area contributed by atoms with Crippen LogP contribution in [0.4, 0.5) is 11.4 Å². The van der Waals surface area contributed by atoms with Crippen LogP contribution < -0.4 is 9.62 Å². The Bertz CT molecular complexity index is 671. The van der Waals surface area contributed by atoms with Crippen molar-refractivity contribution in [2.24, 2.45) is 0 Å². The van der Waals surface area contributed by atoms with Crippen LogP contribution in [0.25, 0.3) is 0 Å². The third-order valence-corrected chi connectivity index (χ3v) is 4.96. The first-order valence-electron chi connectivity index (χ1n) is 6.46. The summed E-state index contributed by atoms with van der Waals surface area (Å²) in [6, 6.07) is 6.36. The number of carboxylic acid groups (broad SMARTS) is 1. The highest BCUT2D eigenvalue weighted by Crippen LogP contribution is 2.25. The number of nitrogens with zero attached hydrogens (tertiary/aromatic N) is 1. The third kappa shape index (κ3) is 3.33. The number of hydrogen-bond acceptors (Lipinski definition) is 4. The molecule has 0 saturated carbocycles. The number of rotatable bonds is 5. The molecule has 1 unspecified atom stereocenters.